The molecule has 8 nitrogen and oxygen atoms in total. The van der Waals surface area contributed by atoms with Crippen molar-refractivity contribution in [2.24, 2.45) is 16.5 Å². The molecule has 0 aromatic heterocycles. The summed E-state index contributed by atoms with van der Waals surface area (Å²) >= 11 is 5.94. The van der Waals surface area contributed by atoms with Crippen molar-refractivity contribution in [2.45, 2.75) is 37.3 Å². The molecule has 4 rings (SSSR count). The molecule has 1 saturated heterocycles. The molecule has 0 saturated carbocycles. The second-order valence-corrected chi connectivity index (χ2v) is 10.9. The monoisotopic (exact) mass is 586 g/mol. The van der Waals surface area contributed by atoms with Crippen LogP contribution in [0.1, 0.15) is 41.9 Å². The van der Waals surface area contributed by atoms with Gasteiger partial charge >= 0.3 is 0 Å². The van der Waals surface area contributed by atoms with Crippen LogP contribution in [-0.2, 0) is 9.59 Å². The molecule has 6 N–H and O–H groups in total. The first-order valence-electron chi connectivity index (χ1n) is 14.3. The van der Waals surface area contributed by atoms with Gasteiger partial charge in [-0.1, -0.05) is 84.4 Å². The molecule has 0 spiro atoms. The molecule has 3 aromatic carbocycles. The Kier molecular flexibility index (Phi) is 11.6. The summed E-state index contributed by atoms with van der Waals surface area (Å²) in [5.74, 6) is -0.0739. The van der Waals surface area contributed by atoms with E-state index in [4.69, 9.17) is 23.1 Å². The number of guanidine groups is 1. The van der Waals surface area contributed by atoms with Crippen molar-refractivity contribution in [3.63, 3.8) is 0 Å². The lowest BCUT2D eigenvalue weighted by Gasteiger charge is -2.29. The number of rotatable bonds is 12. The van der Waals surface area contributed by atoms with E-state index < -0.39 is 6.04 Å². The molecule has 1 aliphatic rings. The highest BCUT2D eigenvalue weighted by molar-refractivity contribution is 6.30. The van der Waals surface area contributed by atoms with Gasteiger partial charge in [-0.3, -0.25) is 14.6 Å². The Bertz CT molecular complexity index is 1300. The predicted octanol–water partition coefficient (Wildman–Crippen LogP) is 3.91. The summed E-state index contributed by atoms with van der Waals surface area (Å²) in [6.45, 7) is 1.98. The minimum absolute atomic E-state index is 0.0351. The standard InChI is InChI=1S/C33H39ClN6O2/c34-27-16-13-24(14-17-27)15-18-31(41)38-22-28-19-21-40(32(42)30(39-28)12-7-20-37-33(35)36)23-29(25-8-3-1-4-9-25)26-10-5-2-6-11-26/h1-6,8-11,13-18,28-30,39H,7,12,19-23H2,(H,38,41)(H4,35,36,37)/b18-15+/t28-,30-/m0/s1. The molecular formula is C33H39ClN6O2. The van der Waals surface area contributed by atoms with E-state index in [2.05, 4.69) is 39.9 Å². The number of hydrogen-bond acceptors (Lipinski definition) is 4. The van der Waals surface area contributed by atoms with Gasteiger partial charge < -0.3 is 27.0 Å². The third kappa shape index (κ3) is 9.46. The normalized spacial score (nSPS) is 17.3. The van der Waals surface area contributed by atoms with Crippen molar-refractivity contribution in [2.75, 3.05) is 26.2 Å². The van der Waals surface area contributed by atoms with Crippen LogP contribution >= 0.6 is 11.6 Å². The molecule has 1 aliphatic heterocycles. The Morgan fingerprint density at radius 3 is 2.29 bits per heavy atom. The molecule has 220 valence electrons. The molecule has 2 atom stereocenters. The number of hydrogen-bond donors (Lipinski definition) is 4. The Balaban J connectivity index is 1.46. The van der Waals surface area contributed by atoms with E-state index in [1.807, 2.05) is 53.4 Å². The summed E-state index contributed by atoms with van der Waals surface area (Å²) < 4.78 is 0. The summed E-state index contributed by atoms with van der Waals surface area (Å²) in [6.07, 6.45) is 5.19. The van der Waals surface area contributed by atoms with Crippen LogP contribution in [-0.4, -0.2) is 60.9 Å². The van der Waals surface area contributed by atoms with Gasteiger partial charge in [0.25, 0.3) is 0 Å². The molecule has 0 unspecified atom stereocenters. The molecule has 0 bridgehead atoms. The molecule has 0 aliphatic carbocycles. The van der Waals surface area contributed by atoms with Crippen LogP contribution in [0, 0.1) is 0 Å². The molecule has 2 amide bonds. The van der Waals surface area contributed by atoms with Crippen LogP contribution in [0.3, 0.4) is 0 Å². The van der Waals surface area contributed by atoms with E-state index in [0.29, 0.717) is 50.5 Å². The fourth-order valence-electron chi connectivity index (χ4n) is 5.16. The molecule has 42 heavy (non-hydrogen) atoms. The van der Waals surface area contributed by atoms with Gasteiger partial charge in [0, 0.05) is 49.2 Å². The molecule has 1 heterocycles. The van der Waals surface area contributed by atoms with Crippen molar-refractivity contribution in [1.82, 2.24) is 15.5 Å². The van der Waals surface area contributed by atoms with Crippen LogP contribution < -0.4 is 22.1 Å². The first-order valence-corrected chi connectivity index (χ1v) is 14.7. The van der Waals surface area contributed by atoms with E-state index >= 15 is 0 Å². The van der Waals surface area contributed by atoms with E-state index in [-0.39, 0.29) is 29.7 Å². The highest BCUT2D eigenvalue weighted by Gasteiger charge is 2.32. The smallest absolute Gasteiger partial charge is 0.244 e. The third-order valence-corrected chi connectivity index (χ3v) is 7.62. The second-order valence-electron chi connectivity index (χ2n) is 10.4. The lowest BCUT2D eigenvalue weighted by atomic mass is 9.90. The van der Waals surface area contributed by atoms with Gasteiger partial charge in [-0.05, 0) is 54.2 Å². The van der Waals surface area contributed by atoms with Gasteiger partial charge in [0.05, 0.1) is 6.04 Å². The van der Waals surface area contributed by atoms with Gasteiger partial charge in [-0.15, -0.1) is 0 Å². The van der Waals surface area contributed by atoms with Gasteiger partial charge in [-0.25, -0.2) is 0 Å². The van der Waals surface area contributed by atoms with Crippen molar-refractivity contribution in [1.29, 1.82) is 0 Å². The van der Waals surface area contributed by atoms with Crippen molar-refractivity contribution < 1.29 is 9.59 Å². The third-order valence-electron chi connectivity index (χ3n) is 7.37. The van der Waals surface area contributed by atoms with E-state index in [0.717, 1.165) is 16.7 Å². The Morgan fingerprint density at radius 2 is 1.67 bits per heavy atom. The fourth-order valence-corrected chi connectivity index (χ4v) is 5.28. The molecule has 9 heteroatoms. The average molecular weight is 587 g/mol. The van der Waals surface area contributed by atoms with Gasteiger partial charge in [0.1, 0.15) is 0 Å². The maximum absolute atomic E-state index is 13.9. The zero-order valence-electron chi connectivity index (χ0n) is 23.7. The number of nitrogens with zero attached hydrogens (tertiary/aromatic N) is 2. The number of carbonyl (C=O) groups excluding carboxylic acids is 2. The number of aliphatic imine (C=N–C) groups is 1. The lowest BCUT2D eigenvalue weighted by molar-refractivity contribution is -0.133. The van der Waals surface area contributed by atoms with Crippen molar-refractivity contribution in [3.05, 3.63) is 113 Å². The summed E-state index contributed by atoms with van der Waals surface area (Å²) in [5, 5.41) is 7.15. The first kappa shape index (κ1) is 30.8. The van der Waals surface area contributed by atoms with Crippen LogP contribution in [0.2, 0.25) is 5.02 Å². The first-order chi connectivity index (χ1) is 20.4. The zero-order chi connectivity index (χ0) is 29.7. The minimum atomic E-state index is -0.416. The van der Waals surface area contributed by atoms with Gasteiger partial charge in [0.2, 0.25) is 11.8 Å². The van der Waals surface area contributed by atoms with E-state index in [9.17, 15) is 9.59 Å². The minimum Gasteiger partial charge on any atom is -0.370 e. The SMILES string of the molecule is NC(N)=NCCC[C@@H]1N[C@H](CNC(=O)/C=C/c2ccc(Cl)cc2)CCN(CC(c2ccccc2)c2ccccc2)C1=O. The number of halogens is 1. The summed E-state index contributed by atoms with van der Waals surface area (Å²) in [7, 11) is 0. The molecule has 1 fully saturated rings. The molecule has 3 aromatic rings. The number of nitrogens with two attached hydrogens (primary N) is 2. The fraction of sp³-hybridized carbons (Fsp3) is 0.303. The van der Waals surface area contributed by atoms with Crippen LogP contribution in [0.4, 0.5) is 0 Å². The summed E-state index contributed by atoms with van der Waals surface area (Å²) in [6, 6.07) is 27.4. The maximum Gasteiger partial charge on any atom is 0.244 e. The molecular weight excluding hydrogens is 548 g/mol. The largest absolute Gasteiger partial charge is 0.370 e. The number of amides is 2. The topological polar surface area (TPSA) is 126 Å². The number of carbonyl (C=O) groups is 2. The van der Waals surface area contributed by atoms with Crippen LogP contribution in [0.25, 0.3) is 6.08 Å². The maximum atomic E-state index is 13.9. The van der Waals surface area contributed by atoms with Crippen LogP contribution in [0.15, 0.2) is 96.0 Å². The highest BCUT2D eigenvalue weighted by atomic mass is 35.5. The lowest BCUT2D eigenvalue weighted by Crippen LogP contribution is -2.49. The van der Waals surface area contributed by atoms with E-state index in [1.165, 1.54) is 6.08 Å². The molecule has 0 radical (unpaired) electrons. The summed E-state index contributed by atoms with van der Waals surface area (Å²) in [4.78, 5) is 32.5. The van der Waals surface area contributed by atoms with Crippen LogP contribution in [0.5, 0.6) is 0 Å². The van der Waals surface area contributed by atoms with Crippen molar-refractivity contribution in [3.8, 4) is 0 Å². The number of nitrogens with one attached hydrogen (secondary N) is 2. The zero-order valence-corrected chi connectivity index (χ0v) is 24.4. The van der Waals surface area contributed by atoms with Gasteiger partial charge in [0.15, 0.2) is 5.96 Å². The van der Waals surface area contributed by atoms with E-state index in [1.54, 1.807) is 18.2 Å². The average Bonchev–Trinajstić information content (AvgIpc) is 3.15. The Morgan fingerprint density at radius 1 is 1.02 bits per heavy atom. The number of benzene rings is 3. The highest BCUT2D eigenvalue weighted by Crippen LogP contribution is 2.27. The predicted molar refractivity (Wildman–Crippen MR) is 170 cm³/mol. The quantitative estimate of drug-likeness (QED) is 0.111. The Labute approximate surface area is 252 Å². The second kappa shape index (κ2) is 15.7. The van der Waals surface area contributed by atoms with Crippen molar-refractivity contribution >= 4 is 35.5 Å². The van der Waals surface area contributed by atoms with Gasteiger partial charge in [-0.2, -0.15) is 0 Å². The summed E-state index contributed by atoms with van der Waals surface area (Å²) in [5.41, 5.74) is 14.2. The Hall–Kier alpha value is -4.14.